The molecule has 0 aliphatic carbocycles. The van der Waals surface area contributed by atoms with Gasteiger partial charge in [0.15, 0.2) is 0 Å². The smallest absolute Gasteiger partial charge is 0.337 e. The standard InChI is InChI=1S/C21H19BrF4N2O/c22-17-5-1-15(2-6-17)3-8-20(29)28-11-9-27(10-12-28)14-16-4-7-18(23)13-19(16)21(24,25)26/h1-8,13H,9-12,14H2/b8-3+. The molecule has 1 aliphatic rings. The zero-order chi connectivity index (χ0) is 21.0. The van der Waals surface area contributed by atoms with Crippen molar-refractivity contribution in [3.8, 4) is 0 Å². The van der Waals surface area contributed by atoms with Crippen LogP contribution in [0.15, 0.2) is 53.0 Å². The third kappa shape index (κ3) is 5.90. The van der Waals surface area contributed by atoms with Crippen LogP contribution in [0.3, 0.4) is 0 Å². The SMILES string of the molecule is O=C(/C=C/c1ccc(Br)cc1)N1CCN(Cc2ccc(F)cc2C(F)(F)F)CC1. The summed E-state index contributed by atoms with van der Waals surface area (Å²) in [6.45, 7) is 1.81. The van der Waals surface area contributed by atoms with Gasteiger partial charge in [0.25, 0.3) is 0 Å². The van der Waals surface area contributed by atoms with E-state index in [1.165, 1.54) is 12.1 Å². The summed E-state index contributed by atoms with van der Waals surface area (Å²) < 4.78 is 53.6. The Hall–Kier alpha value is -2.19. The predicted molar refractivity (Wildman–Crippen MR) is 106 cm³/mol. The van der Waals surface area contributed by atoms with E-state index in [1.807, 2.05) is 29.2 Å². The number of alkyl halides is 3. The summed E-state index contributed by atoms with van der Waals surface area (Å²) in [5.41, 5.74) is -0.0153. The molecular formula is C21H19BrF4N2O. The van der Waals surface area contributed by atoms with Crippen LogP contribution in [0.4, 0.5) is 17.6 Å². The molecular weight excluding hydrogens is 452 g/mol. The fourth-order valence-corrected chi connectivity index (χ4v) is 3.43. The molecule has 2 aromatic rings. The van der Waals surface area contributed by atoms with Gasteiger partial charge in [-0.25, -0.2) is 4.39 Å². The maximum atomic E-state index is 13.2. The molecule has 0 radical (unpaired) electrons. The highest BCUT2D eigenvalue weighted by atomic mass is 79.9. The number of hydrogen-bond acceptors (Lipinski definition) is 2. The van der Waals surface area contributed by atoms with E-state index in [0.717, 1.165) is 16.1 Å². The molecule has 8 heteroatoms. The molecule has 29 heavy (non-hydrogen) atoms. The quantitative estimate of drug-likeness (QED) is 0.465. The van der Waals surface area contributed by atoms with Crippen LogP contribution in [0.1, 0.15) is 16.7 Å². The first kappa shape index (κ1) is 21.5. The molecule has 2 aromatic carbocycles. The third-order valence-corrected chi connectivity index (χ3v) is 5.27. The van der Waals surface area contributed by atoms with Gasteiger partial charge in [-0.3, -0.25) is 9.69 Å². The lowest BCUT2D eigenvalue weighted by atomic mass is 10.1. The lowest BCUT2D eigenvalue weighted by Gasteiger charge is -2.34. The van der Waals surface area contributed by atoms with E-state index in [2.05, 4.69) is 15.9 Å². The van der Waals surface area contributed by atoms with Crippen molar-refractivity contribution in [1.82, 2.24) is 9.80 Å². The minimum Gasteiger partial charge on any atom is -0.337 e. The maximum absolute atomic E-state index is 13.2. The number of nitrogens with zero attached hydrogens (tertiary/aromatic N) is 2. The van der Waals surface area contributed by atoms with E-state index >= 15 is 0 Å². The third-order valence-electron chi connectivity index (χ3n) is 4.74. The minimum atomic E-state index is -4.60. The molecule has 1 aliphatic heterocycles. The number of halogens is 5. The van der Waals surface area contributed by atoms with E-state index in [1.54, 1.807) is 11.0 Å². The van der Waals surface area contributed by atoms with Crippen molar-refractivity contribution >= 4 is 27.9 Å². The van der Waals surface area contributed by atoms with Crippen molar-refractivity contribution in [2.24, 2.45) is 0 Å². The lowest BCUT2D eigenvalue weighted by molar-refractivity contribution is -0.138. The predicted octanol–water partition coefficient (Wildman–Crippen LogP) is 4.96. The van der Waals surface area contributed by atoms with Gasteiger partial charge in [0.05, 0.1) is 5.56 Å². The zero-order valence-electron chi connectivity index (χ0n) is 15.4. The number of hydrogen-bond donors (Lipinski definition) is 0. The second-order valence-corrected chi connectivity index (χ2v) is 7.70. The van der Waals surface area contributed by atoms with Crippen molar-refractivity contribution in [3.05, 3.63) is 75.5 Å². The van der Waals surface area contributed by atoms with Gasteiger partial charge < -0.3 is 4.90 Å². The largest absolute Gasteiger partial charge is 0.416 e. The van der Waals surface area contributed by atoms with E-state index in [-0.39, 0.29) is 18.0 Å². The van der Waals surface area contributed by atoms with Gasteiger partial charge in [0.1, 0.15) is 5.82 Å². The van der Waals surface area contributed by atoms with Gasteiger partial charge in [-0.2, -0.15) is 13.2 Å². The van der Waals surface area contributed by atoms with Crippen LogP contribution < -0.4 is 0 Å². The normalized spacial score (nSPS) is 15.8. The summed E-state index contributed by atoms with van der Waals surface area (Å²) >= 11 is 3.35. The highest BCUT2D eigenvalue weighted by Crippen LogP contribution is 2.33. The average Bonchev–Trinajstić information content (AvgIpc) is 2.68. The molecule has 0 saturated carbocycles. The number of benzene rings is 2. The molecule has 0 unspecified atom stereocenters. The van der Waals surface area contributed by atoms with Crippen molar-refractivity contribution in [3.63, 3.8) is 0 Å². The molecule has 0 bridgehead atoms. The van der Waals surface area contributed by atoms with E-state index in [0.29, 0.717) is 32.2 Å². The second-order valence-electron chi connectivity index (χ2n) is 6.79. The van der Waals surface area contributed by atoms with Crippen molar-refractivity contribution in [2.75, 3.05) is 26.2 Å². The van der Waals surface area contributed by atoms with Crippen LogP contribution in [0.2, 0.25) is 0 Å². The summed E-state index contributed by atoms with van der Waals surface area (Å²) in [5.74, 6) is -1.04. The van der Waals surface area contributed by atoms with Crippen LogP contribution in [0.5, 0.6) is 0 Å². The number of amides is 1. The number of carbonyl (C=O) groups is 1. The monoisotopic (exact) mass is 470 g/mol. The summed E-state index contributed by atoms with van der Waals surface area (Å²) in [5, 5.41) is 0. The Morgan fingerprint density at radius 2 is 1.69 bits per heavy atom. The van der Waals surface area contributed by atoms with Crippen LogP contribution in [0.25, 0.3) is 6.08 Å². The Bertz CT molecular complexity index is 889. The van der Waals surface area contributed by atoms with Crippen LogP contribution >= 0.6 is 15.9 Å². The summed E-state index contributed by atoms with van der Waals surface area (Å²) in [7, 11) is 0. The maximum Gasteiger partial charge on any atom is 0.416 e. The summed E-state index contributed by atoms with van der Waals surface area (Å²) in [4.78, 5) is 15.9. The first-order chi connectivity index (χ1) is 13.7. The molecule has 0 aromatic heterocycles. The van der Waals surface area contributed by atoms with Gasteiger partial charge in [0.2, 0.25) is 5.91 Å². The Kier molecular flexibility index (Phi) is 6.74. The van der Waals surface area contributed by atoms with E-state index in [9.17, 15) is 22.4 Å². The molecule has 3 nitrogen and oxygen atoms in total. The molecule has 1 heterocycles. The zero-order valence-corrected chi connectivity index (χ0v) is 17.0. The topological polar surface area (TPSA) is 23.6 Å². The van der Waals surface area contributed by atoms with Gasteiger partial charge >= 0.3 is 6.18 Å². The fourth-order valence-electron chi connectivity index (χ4n) is 3.16. The van der Waals surface area contributed by atoms with Crippen LogP contribution in [-0.2, 0) is 17.5 Å². The van der Waals surface area contributed by atoms with Gasteiger partial charge in [-0.05, 0) is 41.5 Å². The average molecular weight is 471 g/mol. The number of carbonyl (C=O) groups excluding carboxylic acids is 1. The fraction of sp³-hybridized carbons (Fsp3) is 0.286. The molecule has 3 rings (SSSR count). The Labute approximate surface area is 174 Å². The van der Waals surface area contributed by atoms with Crippen molar-refractivity contribution in [1.29, 1.82) is 0 Å². The molecule has 154 valence electrons. The molecule has 1 saturated heterocycles. The van der Waals surface area contributed by atoms with Gasteiger partial charge in [0, 0.05) is 43.3 Å². The molecule has 0 atom stereocenters. The Morgan fingerprint density at radius 3 is 2.31 bits per heavy atom. The Morgan fingerprint density at radius 1 is 1.03 bits per heavy atom. The minimum absolute atomic E-state index is 0.0359. The lowest BCUT2D eigenvalue weighted by Crippen LogP contribution is -2.47. The number of piperazine rings is 1. The van der Waals surface area contributed by atoms with Gasteiger partial charge in [-0.1, -0.05) is 34.1 Å². The summed E-state index contributed by atoms with van der Waals surface area (Å²) in [6.07, 6.45) is -1.37. The summed E-state index contributed by atoms with van der Waals surface area (Å²) in [6, 6.07) is 10.3. The molecule has 1 amide bonds. The first-order valence-corrected chi connectivity index (χ1v) is 9.82. The first-order valence-electron chi connectivity index (χ1n) is 9.03. The van der Waals surface area contributed by atoms with Crippen LogP contribution in [-0.4, -0.2) is 41.9 Å². The van der Waals surface area contributed by atoms with Crippen molar-refractivity contribution < 1.29 is 22.4 Å². The van der Waals surface area contributed by atoms with E-state index in [4.69, 9.17) is 0 Å². The van der Waals surface area contributed by atoms with Crippen LogP contribution in [0, 0.1) is 5.82 Å². The molecule has 0 spiro atoms. The molecule has 0 N–H and O–H groups in total. The van der Waals surface area contributed by atoms with Crippen molar-refractivity contribution in [2.45, 2.75) is 12.7 Å². The highest BCUT2D eigenvalue weighted by molar-refractivity contribution is 9.10. The van der Waals surface area contributed by atoms with E-state index < -0.39 is 17.6 Å². The highest BCUT2D eigenvalue weighted by Gasteiger charge is 2.34. The Balaban J connectivity index is 1.57. The van der Waals surface area contributed by atoms with Gasteiger partial charge in [-0.15, -0.1) is 0 Å². The number of rotatable bonds is 4. The molecule has 1 fully saturated rings. The second kappa shape index (κ2) is 9.09.